The number of carbonyl (C=O) groups is 2. The summed E-state index contributed by atoms with van der Waals surface area (Å²) in [7, 11) is 0. The van der Waals surface area contributed by atoms with Crippen molar-refractivity contribution in [1.29, 1.82) is 0 Å². The van der Waals surface area contributed by atoms with Crippen molar-refractivity contribution < 1.29 is 24.5 Å². The second-order valence-electron chi connectivity index (χ2n) is 3.87. The standard InChI is InChI=1S/C12H22O5/c13-8-3-4-10-17-12(16)6-2-1-5-11(15)7-9-14/h13-14H,1-10H2. The van der Waals surface area contributed by atoms with Gasteiger partial charge in [-0.05, 0) is 25.7 Å². The van der Waals surface area contributed by atoms with Crippen LogP contribution in [0.1, 0.15) is 44.9 Å². The van der Waals surface area contributed by atoms with Crippen molar-refractivity contribution in [2.75, 3.05) is 19.8 Å². The lowest BCUT2D eigenvalue weighted by molar-refractivity contribution is -0.144. The van der Waals surface area contributed by atoms with Crippen molar-refractivity contribution in [3.63, 3.8) is 0 Å². The molecule has 0 aromatic carbocycles. The largest absolute Gasteiger partial charge is 0.466 e. The van der Waals surface area contributed by atoms with E-state index in [9.17, 15) is 9.59 Å². The van der Waals surface area contributed by atoms with Crippen LogP contribution in [0.3, 0.4) is 0 Å². The normalized spacial score (nSPS) is 10.2. The third-order valence-corrected chi connectivity index (χ3v) is 2.29. The molecule has 100 valence electrons. The Balaban J connectivity index is 3.30. The number of aliphatic hydroxyl groups excluding tert-OH is 2. The second kappa shape index (κ2) is 11.5. The Bertz CT molecular complexity index is 215. The van der Waals surface area contributed by atoms with Crippen molar-refractivity contribution in [2.24, 2.45) is 0 Å². The van der Waals surface area contributed by atoms with Gasteiger partial charge < -0.3 is 14.9 Å². The molecule has 0 rings (SSSR count). The molecule has 0 heterocycles. The summed E-state index contributed by atoms with van der Waals surface area (Å²) in [6.45, 7) is 0.360. The van der Waals surface area contributed by atoms with E-state index < -0.39 is 0 Å². The first kappa shape index (κ1) is 16.1. The molecule has 0 fully saturated rings. The fraction of sp³-hybridized carbons (Fsp3) is 0.833. The van der Waals surface area contributed by atoms with Crippen molar-refractivity contribution in [1.82, 2.24) is 0 Å². The molecule has 5 nitrogen and oxygen atoms in total. The van der Waals surface area contributed by atoms with Gasteiger partial charge in [0.25, 0.3) is 0 Å². The highest BCUT2D eigenvalue weighted by molar-refractivity contribution is 5.78. The van der Waals surface area contributed by atoms with Crippen molar-refractivity contribution >= 4 is 11.8 Å². The Morgan fingerprint density at radius 2 is 1.53 bits per heavy atom. The number of ketones is 1. The topological polar surface area (TPSA) is 83.8 Å². The molecule has 5 heteroatoms. The summed E-state index contributed by atoms with van der Waals surface area (Å²) in [4.78, 5) is 22.2. The Hall–Kier alpha value is -0.940. The number of unbranched alkanes of at least 4 members (excludes halogenated alkanes) is 2. The van der Waals surface area contributed by atoms with Gasteiger partial charge in [-0.15, -0.1) is 0 Å². The number of carbonyl (C=O) groups excluding carboxylic acids is 2. The first-order valence-electron chi connectivity index (χ1n) is 6.09. The van der Waals surface area contributed by atoms with E-state index in [-0.39, 0.29) is 31.4 Å². The Morgan fingerprint density at radius 3 is 2.18 bits per heavy atom. The summed E-state index contributed by atoms with van der Waals surface area (Å²) in [6, 6.07) is 0. The van der Waals surface area contributed by atoms with Gasteiger partial charge >= 0.3 is 5.97 Å². The third-order valence-electron chi connectivity index (χ3n) is 2.29. The first-order chi connectivity index (χ1) is 8.20. The van der Waals surface area contributed by atoms with Gasteiger partial charge in [-0.3, -0.25) is 9.59 Å². The fourth-order valence-electron chi connectivity index (χ4n) is 1.31. The quantitative estimate of drug-likeness (QED) is 0.416. The number of hydrogen-bond donors (Lipinski definition) is 2. The zero-order chi connectivity index (χ0) is 12.9. The summed E-state index contributed by atoms with van der Waals surface area (Å²) in [5.41, 5.74) is 0. The maximum Gasteiger partial charge on any atom is 0.305 e. The molecule has 2 N–H and O–H groups in total. The van der Waals surface area contributed by atoms with Crippen LogP contribution in [0.15, 0.2) is 0 Å². The van der Waals surface area contributed by atoms with Crippen LogP contribution in [0.2, 0.25) is 0 Å². The highest BCUT2D eigenvalue weighted by Gasteiger charge is 2.04. The van der Waals surface area contributed by atoms with Gasteiger partial charge in [0.15, 0.2) is 0 Å². The van der Waals surface area contributed by atoms with E-state index in [4.69, 9.17) is 14.9 Å². The molecule has 0 radical (unpaired) electrons. The SMILES string of the molecule is O=C(CCO)CCCCC(=O)OCCCCO. The molecule has 0 aliphatic heterocycles. The molecule has 0 unspecified atom stereocenters. The minimum atomic E-state index is -0.252. The average molecular weight is 246 g/mol. The molecule has 0 saturated heterocycles. The van der Waals surface area contributed by atoms with Gasteiger partial charge in [-0.2, -0.15) is 0 Å². The van der Waals surface area contributed by atoms with Gasteiger partial charge in [-0.1, -0.05) is 0 Å². The van der Waals surface area contributed by atoms with Crippen LogP contribution in [-0.2, 0) is 14.3 Å². The van der Waals surface area contributed by atoms with Crippen LogP contribution < -0.4 is 0 Å². The number of ether oxygens (including phenoxy) is 1. The average Bonchev–Trinajstić information content (AvgIpc) is 2.31. The van der Waals surface area contributed by atoms with Crippen LogP contribution in [0.5, 0.6) is 0 Å². The van der Waals surface area contributed by atoms with Crippen molar-refractivity contribution in [2.45, 2.75) is 44.9 Å². The van der Waals surface area contributed by atoms with Gasteiger partial charge in [-0.25, -0.2) is 0 Å². The lowest BCUT2D eigenvalue weighted by Crippen LogP contribution is -2.07. The molecule has 0 spiro atoms. The number of rotatable bonds is 11. The molecule has 0 amide bonds. The number of hydrogen-bond acceptors (Lipinski definition) is 5. The predicted octanol–water partition coefficient (Wildman–Crippen LogP) is 0.814. The van der Waals surface area contributed by atoms with Crippen LogP contribution in [0.4, 0.5) is 0 Å². The zero-order valence-corrected chi connectivity index (χ0v) is 10.2. The molecule has 0 atom stereocenters. The molecule has 17 heavy (non-hydrogen) atoms. The Kier molecular flexibility index (Phi) is 10.9. The third kappa shape index (κ3) is 11.3. The predicted molar refractivity (Wildman–Crippen MR) is 62.5 cm³/mol. The van der Waals surface area contributed by atoms with E-state index in [1.54, 1.807) is 0 Å². The van der Waals surface area contributed by atoms with E-state index in [0.717, 1.165) is 0 Å². The van der Waals surface area contributed by atoms with Gasteiger partial charge in [0.05, 0.1) is 6.61 Å². The van der Waals surface area contributed by atoms with Gasteiger partial charge in [0, 0.05) is 32.5 Å². The molecule has 0 aromatic rings. The molecule has 0 aromatic heterocycles. The van der Waals surface area contributed by atoms with E-state index in [2.05, 4.69) is 0 Å². The van der Waals surface area contributed by atoms with Crippen LogP contribution in [0.25, 0.3) is 0 Å². The van der Waals surface area contributed by atoms with Crippen molar-refractivity contribution in [3.8, 4) is 0 Å². The number of aliphatic hydroxyl groups is 2. The minimum absolute atomic E-state index is 0.0313. The summed E-state index contributed by atoms with van der Waals surface area (Å²) in [6.07, 6.45) is 3.55. The molecular weight excluding hydrogens is 224 g/mol. The van der Waals surface area contributed by atoms with E-state index in [1.165, 1.54) is 0 Å². The van der Waals surface area contributed by atoms with Crippen molar-refractivity contribution in [3.05, 3.63) is 0 Å². The number of esters is 1. The molecular formula is C12H22O5. The van der Waals surface area contributed by atoms with Crippen LogP contribution >= 0.6 is 0 Å². The first-order valence-corrected chi connectivity index (χ1v) is 6.09. The lowest BCUT2D eigenvalue weighted by atomic mass is 10.1. The van der Waals surface area contributed by atoms with E-state index >= 15 is 0 Å². The number of Topliss-reactive ketones (excluding diaryl/α,β-unsaturated/α-hetero) is 1. The highest BCUT2D eigenvalue weighted by Crippen LogP contribution is 2.04. The minimum Gasteiger partial charge on any atom is -0.466 e. The second-order valence-corrected chi connectivity index (χ2v) is 3.87. The molecule has 0 aliphatic rings. The Labute approximate surface area is 102 Å². The fourth-order valence-corrected chi connectivity index (χ4v) is 1.31. The Morgan fingerprint density at radius 1 is 0.824 bits per heavy atom. The molecule has 0 bridgehead atoms. The highest BCUT2D eigenvalue weighted by atomic mass is 16.5. The van der Waals surface area contributed by atoms with E-state index in [0.29, 0.717) is 45.1 Å². The maximum atomic E-state index is 11.2. The summed E-state index contributed by atoms with van der Waals surface area (Å²) < 4.78 is 4.92. The summed E-state index contributed by atoms with van der Waals surface area (Å²) >= 11 is 0. The van der Waals surface area contributed by atoms with Gasteiger partial charge in [0.2, 0.25) is 0 Å². The molecule has 0 saturated carbocycles. The smallest absolute Gasteiger partial charge is 0.305 e. The molecule has 0 aliphatic carbocycles. The maximum absolute atomic E-state index is 11.2. The van der Waals surface area contributed by atoms with E-state index in [1.807, 2.05) is 0 Å². The monoisotopic (exact) mass is 246 g/mol. The summed E-state index contributed by atoms with van der Waals surface area (Å²) in [5, 5.41) is 17.0. The van der Waals surface area contributed by atoms with Crippen LogP contribution in [-0.4, -0.2) is 41.8 Å². The lowest BCUT2D eigenvalue weighted by Gasteiger charge is -2.03. The zero-order valence-electron chi connectivity index (χ0n) is 10.2. The summed E-state index contributed by atoms with van der Waals surface area (Å²) in [5.74, 6) is -0.221. The van der Waals surface area contributed by atoms with Crippen LogP contribution in [0, 0.1) is 0 Å². The van der Waals surface area contributed by atoms with Gasteiger partial charge in [0.1, 0.15) is 5.78 Å².